The lowest BCUT2D eigenvalue weighted by molar-refractivity contribution is -0.385. The van der Waals surface area contributed by atoms with Crippen molar-refractivity contribution in [3.05, 3.63) is 55.3 Å². The molecular weight excluding hydrogens is 320 g/mol. The Morgan fingerprint density at radius 2 is 1.87 bits per heavy atom. The highest BCUT2D eigenvalue weighted by molar-refractivity contribution is 7.89. The van der Waals surface area contributed by atoms with E-state index in [1.165, 1.54) is 34.4 Å². The minimum atomic E-state index is -3.86. The maximum atomic E-state index is 12.9. The lowest BCUT2D eigenvalue weighted by Gasteiger charge is -2.29. The Bertz CT molecular complexity index is 667. The molecule has 0 unspecified atom stereocenters. The number of benzene rings is 1. The zero-order valence-electron chi connectivity index (χ0n) is 12.5. The first-order chi connectivity index (χ1) is 10.9. The lowest BCUT2D eigenvalue weighted by Crippen LogP contribution is -2.46. The molecule has 0 spiro atoms. The summed E-state index contributed by atoms with van der Waals surface area (Å²) in [4.78, 5) is 11.7. The number of nitrogens with zero attached hydrogens (tertiary/aromatic N) is 3. The molecule has 124 valence electrons. The van der Waals surface area contributed by atoms with Crippen molar-refractivity contribution in [3.8, 4) is 0 Å². The van der Waals surface area contributed by atoms with Crippen LogP contribution in [0.25, 0.3) is 0 Å². The highest BCUT2D eigenvalue weighted by Gasteiger charge is 2.31. The van der Waals surface area contributed by atoms with Gasteiger partial charge in [-0.05, 0) is 19.9 Å². The van der Waals surface area contributed by atoms with Crippen molar-refractivity contribution in [3.63, 3.8) is 0 Å². The van der Waals surface area contributed by atoms with Gasteiger partial charge in [0.1, 0.15) is 4.90 Å². The van der Waals surface area contributed by atoms with Crippen molar-refractivity contribution in [2.75, 3.05) is 31.1 Å². The first kappa shape index (κ1) is 17.6. The molecule has 1 aromatic rings. The van der Waals surface area contributed by atoms with Gasteiger partial charge in [0.2, 0.25) is 10.0 Å². The van der Waals surface area contributed by atoms with Gasteiger partial charge in [-0.2, -0.15) is 4.31 Å². The topological polar surface area (TPSA) is 95.8 Å². The van der Waals surface area contributed by atoms with Gasteiger partial charge < -0.3 is 10.2 Å². The number of anilines is 1. The van der Waals surface area contributed by atoms with E-state index in [9.17, 15) is 18.5 Å². The lowest BCUT2D eigenvalue weighted by atomic mass is 10.2. The van der Waals surface area contributed by atoms with E-state index in [1.54, 1.807) is 0 Å². The van der Waals surface area contributed by atoms with Crippen molar-refractivity contribution in [1.82, 2.24) is 9.62 Å². The number of sulfonamides is 1. The monoisotopic (exact) mass is 338 g/mol. The van der Waals surface area contributed by atoms with Gasteiger partial charge in [-0.25, -0.2) is 8.42 Å². The van der Waals surface area contributed by atoms with Gasteiger partial charge in [0.15, 0.2) is 0 Å². The van der Waals surface area contributed by atoms with Crippen LogP contribution >= 0.6 is 0 Å². The number of nitro groups is 1. The standard InChI is InChI=1S/C14H18N4O4S/c1-3-16(4-2)13-6-5-12(18(19)20)11-14(13)23(21,22)17-9-7-15-8-10-17/h3-6,11,15H,1-2,7-10H2. The van der Waals surface area contributed by atoms with Crippen LogP contribution in [0.15, 0.2) is 23.1 Å². The van der Waals surface area contributed by atoms with Gasteiger partial charge >= 0.3 is 0 Å². The number of piperazine rings is 1. The van der Waals surface area contributed by atoms with E-state index in [4.69, 9.17) is 0 Å². The molecule has 0 saturated carbocycles. The van der Waals surface area contributed by atoms with Crippen molar-refractivity contribution in [2.45, 2.75) is 4.90 Å². The van der Waals surface area contributed by atoms with Gasteiger partial charge in [0.05, 0.1) is 10.6 Å². The van der Waals surface area contributed by atoms with E-state index < -0.39 is 14.9 Å². The van der Waals surface area contributed by atoms with E-state index in [2.05, 4.69) is 19.2 Å². The summed E-state index contributed by atoms with van der Waals surface area (Å²) < 4.78 is 27.1. The fraction of sp³-hybridized carbons (Fsp3) is 0.286. The largest absolute Gasteiger partial charge is 0.360 e. The molecule has 1 aromatic carbocycles. The van der Waals surface area contributed by atoms with Crippen molar-refractivity contribution >= 4 is 21.4 Å². The van der Waals surface area contributed by atoms with Gasteiger partial charge in [-0.15, -0.1) is 0 Å². The van der Waals surface area contributed by atoms with E-state index >= 15 is 0 Å². The van der Waals surface area contributed by atoms with Crippen LogP contribution in [0.4, 0.5) is 11.4 Å². The van der Waals surface area contributed by atoms with Crippen LogP contribution in [-0.4, -0.2) is 43.8 Å². The van der Waals surface area contributed by atoms with Crippen LogP contribution in [0, 0.1) is 37.1 Å². The van der Waals surface area contributed by atoms with Crippen molar-refractivity contribution in [1.29, 1.82) is 0 Å². The predicted molar refractivity (Wildman–Crippen MR) is 86.5 cm³/mol. The molecule has 1 N–H and O–H groups in total. The van der Waals surface area contributed by atoms with E-state index in [-0.39, 0.29) is 16.3 Å². The summed E-state index contributed by atoms with van der Waals surface area (Å²) in [6.07, 6.45) is 0. The van der Waals surface area contributed by atoms with Gasteiger partial charge in [-0.3, -0.25) is 10.1 Å². The quantitative estimate of drug-likeness (QED) is 0.614. The third-order valence-corrected chi connectivity index (χ3v) is 5.45. The van der Waals surface area contributed by atoms with Crippen LogP contribution in [-0.2, 0) is 10.0 Å². The summed E-state index contributed by atoms with van der Waals surface area (Å²) in [7, 11) is -3.86. The Labute approximate surface area is 136 Å². The van der Waals surface area contributed by atoms with Gasteiger partial charge in [0.25, 0.3) is 5.69 Å². The molecule has 0 bridgehead atoms. The molecule has 1 saturated heterocycles. The normalized spacial score (nSPS) is 16.3. The average Bonchev–Trinajstić information content (AvgIpc) is 2.56. The molecule has 0 aromatic heterocycles. The molecule has 1 aliphatic rings. The van der Waals surface area contributed by atoms with Crippen LogP contribution in [0.5, 0.6) is 0 Å². The minimum absolute atomic E-state index is 0.131. The van der Waals surface area contributed by atoms with E-state index in [0.717, 1.165) is 6.07 Å². The van der Waals surface area contributed by atoms with Crippen molar-refractivity contribution in [2.24, 2.45) is 0 Å². The number of nitro benzene ring substituents is 1. The summed E-state index contributed by atoms with van der Waals surface area (Å²) in [5.74, 6) is 0. The Morgan fingerprint density at radius 1 is 1.26 bits per heavy atom. The summed E-state index contributed by atoms with van der Waals surface area (Å²) >= 11 is 0. The Balaban J connectivity index is 2.56. The summed E-state index contributed by atoms with van der Waals surface area (Å²) in [5.41, 5.74) is -0.00494. The van der Waals surface area contributed by atoms with Crippen molar-refractivity contribution < 1.29 is 13.3 Å². The van der Waals surface area contributed by atoms with E-state index in [0.29, 0.717) is 26.2 Å². The molecule has 8 nitrogen and oxygen atoms in total. The smallest absolute Gasteiger partial charge is 0.270 e. The number of hydrogen-bond acceptors (Lipinski definition) is 6. The Kier molecular flexibility index (Phi) is 5.55. The maximum Gasteiger partial charge on any atom is 0.270 e. The molecule has 1 aliphatic heterocycles. The number of rotatable bonds is 6. The first-order valence-electron chi connectivity index (χ1n) is 6.94. The molecular formula is C14H18N4O4S. The Morgan fingerprint density at radius 3 is 2.39 bits per heavy atom. The average molecular weight is 338 g/mol. The zero-order valence-corrected chi connectivity index (χ0v) is 13.3. The highest BCUT2D eigenvalue weighted by Crippen LogP contribution is 2.32. The summed E-state index contributed by atoms with van der Waals surface area (Å²) in [5, 5.41) is 14.1. The maximum absolute atomic E-state index is 12.9. The van der Waals surface area contributed by atoms with Gasteiger partial charge in [0, 0.05) is 51.4 Å². The Hall–Kier alpha value is -1.71. The summed E-state index contributed by atoms with van der Waals surface area (Å²) in [6.45, 7) is 11.7. The fourth-order valence-corrected chi connectivity index (χ4v) is 3.98. The first-order valence-corrected chi connectivity index (χ1v) is 8.38. The van der Waals surface area contributed by atoms with Crippen LogP contribution in [0.3, 0.4) is 0 Å². The predicted octanol–water partition coefficient (Wildman–Crippen LogP) is 0.987. The molecule has 0 amide bonds. The summed E-state index contributed by atoms with van der Waals surface area (Å²) in [6, 6.07) is 3.72. The number of hydrogen-bond donors (Lipinski definition) is 1. The second-order valence-corrected chi connectivity index (χ2v) is 6.74. The van der Waals surface area contributed by atoms with E-state index in [1.807, 2.05) is 0 Å². The zero-order chi connectivity index (χ0) is 17.0. The van der Waals surface area contributed by atoms with Crippen LogP contribution < -0.4 is 10.2 Å². The molecule has 23 heavy (non-hydrogen) atoms. The molecule has 1 heterocycles. The number of nitrogens with one attached hydrogen (secondary N) is 1. The SMILES string of the molecule is [CH2][CH]N([CH][CH2])c1ccc([N+](=O)[O-])cc1S(=O)(=O)N1CCNCC1. The van der Waals surface area contributed by atoms with Gasteiger partial charge in [-0.1, -0.05) is 0 Å². The third kappa shape index (κ3) is 3.62. The third-order valence-electron chi connectivity index (χ3n) is 3.52. The van der Waals surface area contributed by atoms with Crippen LogP contribution in [0.2, 0.25) is 0 Å². The number of non-ortho nitro benzene ring substituents is 1. The van der Waals surface area contributed by atoms with Crippen LogP contribution in [0.1, 0.15) is 0 Å². The minimum Gasteiger partial charge on any atom is -0.360 e. The molecule has 0 atom stereocenters. The second-order valence-electron chi connectivity index (χ2n) is 4.84. The molecule has 0 aliphatic carbocycles. The highest BCUT2D eigenvalue weighted by atomic mass is 32.2. The second kappa shape index (κ2) is 7.24. The molecule has 4 radical (unpaired) electrons. The fourth-order valence-electron chi connectivity index (χ4n) is 2.33. The molecule has 2 rings (SSSR count). The molecule has 1 fully saturated rings. The molecule has 9 heteroatoms.